The van der Waals surface area contributed by atoms with Crippen molar-refractivity contribution in [2.75, 3.05) is 6.61 Å². The molecule has 11 heteroatoms. The molecule has 28 heavy (non-hydrogen) atoms. The molecule has 1 aromatic heterocycles. The van der Waals surface area contributed by atoms with Crippen LogP contribution in [-0.4, -0.2) is 41.5 Å². The molecule has 8 nitrogen and oxygen atoms in total. The number of pyridine rings is 1. The second-order valence-electron chi connectivity index (χ2n) is 5.93. The third-order valence-electron chi connectivity index (χ3n) is 3.75. The highest BCUT2D eigenvalue weighted by Crippen LogP contribution is 2.18. The van der Waals surface area contributed by atoms with E-state index in [-0.39, 0.29) is 24.8 Å². The Morgan fingerprint density at radius 2 is 2.07 bits per heavy atom. The summed E-state index contributed by atoms with van der Waals surface area (Å²) in [6, 6.07) is 2.80. The van der Waals surface area contributed by atoms with Crippen molar-refractivity contribution >= 4 is 18.0 Å². The van der Waals surface area contributed by atoms with Gasteiger partial charge in [-0.15, -0.1) is 0 Å². The molecule has 1 aliphatic rings. The fraction of sp³-hybridized carbons (Fsp3) is 0.412. The van der Waals surface area contributed by atoms with Crippen LogP contribution in [0.25, 0.3) is 0 Å². The van der Waals surface area contributed by atoms with Gasteiger partial charge in [-0.25, -0.2) is 4.98 Å². The molecular weight excluding hydrogens is 379 g/mol. The van der Waals surface area contributed by atoms with Gasteiger partial charge >= 0.3 is 6.18 Å². The molecule has 0 aromatic carbocycles. The first-order valence-electron chi connectivity index (χ1n) is 8.37. The van der Waals surface area contributed by atoms with Crippen molar-refractivity contribution in [1.29, 1.82) is 0 Å². The van der Waals surface area contributed by atoms with Gasteiger partial charge in [-0.1, -0.05) is 13.0 Å². The number of carbonyl (C=O) groups is 2. The van der Waals surface area contributed by atoms with Crippen LogP contribution in [-0.2, 0) is 16.1 Å². The number of hydrogen-bond donors (Lipinski definition) is 3. The predicted molar refractivity (Wildman–Crippen MR) is 94.3 cm³/mol. The van der Waals surface area contributed by atoms with Crippen LogP contribution < -0.4 is 20.7 Å². The van der Waals surface area contributed by atoms with Gasteiger partial charge in [0.15, 0.2) is 6.61 Å². The molecule has 0 bridgehead atoms. The second-order valence-corrected chi connectivity index (χ2v) is 5.93. The molecule has 1 atom stereocenters. The van der Waals surface area contributed by atoms with Crippen LogP contribution in [0.2, 0.25) is 0 Å². The number of nitrogens with zero attached hydrogens (tertiary/aromatic N) is 2. The van der Waals surface area contributed by atoms with Crippen LogP contribution in [0.3, 0.4) is 0 Å². The molecular formula is C17H20F3N5O3. The molecule has 1 aromatic rings. The largest absolute Gasteiger partial charge is 0.468 e. The summed E-state index contributed by atoms with van der Waals surface area (Å²) < 4.78 is 41.2. The number of amides is 2. The van der Waals surface area contributed by atoms with Crippen LogP contribution in [0.15, 0.2) is 29.5 Å². The van der Waals surface area contributed by atoms with E-state index in [9.17, 15) is 22.8 Å². The molecule has 1 unspecified atom stereocenters. The molecule has 0 aliphatic carbocycles. The number of alkyl halides is 3. The van der Waals surface area contributed by atoms with Crippen LogP contribution in [0.1, 0.15) is 24.6 Å². The van der Waals surface area contributed by atoms with Crippen molar-refractivity contribution in [1.82, 2.24) is 20.9 Å². The van der Waals surface area contributed by atoms with Crippen LogP contribution in [0, 0.1) is 6.92 Å². The van der Waals surface area contributed by atoms with E-state index >= 15 is 0 Å². The number of nitrogens with one attached hydrogen (secondary N) is 3. The third-order valence-corrected chi connectivity index (χ3v) is 3.75. The van der Waals surface area contributed by atoms with Crippen molar-refractivity contribution in [3.05, 3.63) is 35.8 Å². The van der Waals surface area contributed by atoms with Gasteiger partial charge in [0.2, 0.25) is 17.5 Å². The Labute approximate surface area is 159 Å². The minimum absolute atomic E-state index is 0.0419. The highest BCUT2D eigenvalue weighted by atomic mass is 19.4. The molecule has 0 spiro atoms. The van der Waals surface area contributed by atoms with Gasteiger partial charge in [0.1, 0.15) is 0 Å². The predicted octanol–water partition coefficient (Wildman–Crippen LogP) is 1.32. The maximum atomic E-state index is 12.7. The number of hydrogen-bond acceptors (Lipinski definition) is 6. The zero-order valence-electron chi connectivity index (χ0n) is 15.3. The van der Waals surface area contributed by atoms with Gasteiger partial charge in [-0.2, -0.15) is 13.2 Å². The molecule has 152 valence electrons. The molecule has 2 heterocycles. The average molecular weight is 399 g/mol. The lowest BCUT2D eigenvalue weighted by Crippen LogP contribution is -2.67. The van der Waals surface area contributed by atoms with Gasteiger partial charge < -0.3 is 20.7 Å². The Hall–Kier alpha value is -3.11. The first-order valence-corrected chi connectivity index (χ1v) is 8.37. The van der Waals surface area contributed by atoms with Gasteiger partial charge in [0, 0.05) is 37.1 Å². The van der Waals surface area contributed by atoms with E-state index in [1.807, 2.05) is 0 Å². The Balaban J connectivity index is 2.03. The number of rotatable bonds is 7. The van der Waals surface area contributed by atoms with E-state index in [1.165, 1.54) is 30.7 Å². The van der Waals surface area contributed by atoms with Gasteiger partial charge in [-0.05, 0) is 12.5 Å². The van der Waals surface area contributed by atoms with Gasteiger partial charge in [0.05, 0.1) is 6.21 Å². The average Bonchev–Trinajstić information content (AvgIpc) is 2.65. The quantitative estimate of drug-likeness (QED) is 0.641. The summed E-state index contributed by atoms with van der Waals surface area (Å²) >= 11 is 0. The fourth-order valence-corrected chi connectivity index (χ4v) is 2.27. The molecule has 2 rings (SSSR count). The smallest absolute Gasteiger partial charge is 0.422 e. The Morgan fingerprint density at radius 3 is 2.64 bits per heavy atom. The van der Waals surface area contributed by atoms with Crippen LogP contribution in [0.5, 0.6) is 5.88 Å². The Morgan fingerprint density at radius 1 is 1.32 bits per heavy atom. The van der Waals surface area contributed by atoms with E-state index in [0.717, 1.165) is 0 Å². The molecule has 0 fully saturated rings. The fourth-order valence-electron chi connectivity index (χ4n) is 2.27. The van der Waals surface area contributed by atoms with E-state index in [2.05, 4.69) is 30.7 Å². The molecule has 0 saturated heterocycles. The standard InChI is InChI=1S/C17H20F3N5O3/c1-3-13(26)25-16(9-21-6-7-23-16)15(27)22-8-12-4-5-14(24-11(12)2)28-10-17(18,19)20/h4-7,9,23H,3,8,10H2,1-2H3,(H,22,27)(H,25,26). The number of halogens is 3. The van der Waals surface area contributed by atoms with E-state index in [1.54, 1.807) is 13.8 Å². The lowest BCUT2D eigenvalue weighted by Gasteiger charge is -2.31. The summed E-state index contributed by atoms with van der Waals surface area (Å²) in [5.74, 6) is -1.07. The highest BCUT2D eigenvalue weighted by Gasteiger charge is 2.38. The van der Waals surface area contributed by atoms with Crippen molar-refractivity contribution in [2.45, 2.75) is 38.7 Å². The van der Waals surface area contributed by atoms with Gasteiger partial charge in [-0.3, -0.25) is 14.6 Å². The molecule has 1 aliphatic heterocycles. The molecule has 0 saturated carbocycles. The van der Waals surface area contributed by atoms with Crippen LogP contribution in [0.4, 0.5) is 13.2 Å². The minimum atomic E-state index is -4.46. The van der Waals surface area contributed by atoms with Crippen molar-refractivity contribution in [3.8, 4) is 5.88 Å². The maximum absolute atomic E-state index is 12.7. The topological polar surface area (TPSA) is 105 Å². The maximum Gasteiger partial charge on any atom is 0.422 e. The first-order chi connectivity index (χ1) is 13.1. The first kappa shape index (κ1) is 21.2. The Kier molecular flexibility index (Phi) is 6.60. The number of aryl methyl sites for hydroxylation is 1. The number of carbonyl (C=O) groups excluding carboxylic acids is 2. The zero-order valence-corrected chi connectivity index (χ0v) is 15.3. The van der Waals surface area contributed by atoms with E-state index in [0.29, 0.717) is 11.3 Å². The van der Waals surface area contributed by atoms with Crippen molar-refractivity contribution in [3.63, 3.8) is 0 Å². The highest BCUT2D eigenvalue weighted by molar-refractivity contribution is 6.06. The monoisotopic (exact) mass is 399 g/mol. The molecule has 3 N–H and O–H groups in total. The normalized spacial score (nSPS) is 18.3. The summed E-state index contributed by atoms with van der Waals surface area (Å²) in [6.07, 6.45) is -0.152. The number of aliphatic imine (C=N–C) groups is 1. The Bertz CT molecular complexity index is 795. The third kappa shape index (κ3) is 5.69. The lowest BCUT2D eigenvalue weighted by molar-refractivity contribution is -0.154. The minimum Gasteiger partial charge on any atom is -0.468 e. The summed E-state index contributed by atoms with van der Waals surface area (Å²) in [6.45, 7) is 1.84. The number of ether oxygens (including phenoxy) is 1. The SMILES string of the molecule is CCC(=O)NC1(C(=O)NCc2ccc(OCC(F)(F)F)nc2C)C=NC=CN1. The summed E-state index contributed by atoms with van der Waals surface area (Å²) in [5, 5.41) is 7.99. The van der Waals surface area contributed by atoms with Gasteiger partial charge in [0.25, 0.3) is 5.91 Å². The second kappa shape index (κ2) is 8.72. The molecule has 2 amide bonds. The summed E-state index contributed by atoms with van der Waals surface area (Å²) in [4.78, 5) is 32.3. The van der Waals surface area contributed by atoms with E-state index in [4.69, 9.17) is 0 Å². The van der Waals surface area contributed by atoms with Crippen LogP contribution >= 0.6 is 0 Å². The van der Waals surface area contributed by atoms with Crippen molar-refractivity contribution < 1.29 is 27.5 Å². The molecule has 0 radical (unpaired) electrons. The van der Waals surface area contributed by atoms with Crippen molar-refractivity contribution in [2.24, 2.45) is 4.99 Å². The summed E-state index contributed by atoms with van der Waals surface area (Å²) in [5.41, 5.74) is -0.552. The number of aromatic nitrogens is 1. The zero-order chi connectivity index (χ0) is 20.8. The summed E-state index contributed by atoms with van der Waals surface area (Å²) in [7, 11) is 0. The van der Waals surface area contributed by atoms with E-state index < -0.39 is 24.4 Å². The lowest BCUT2D eigenvalue weighted by atomic mass is 10.1.